The fourth-order valence-electron chi connectivity index (χ4n) is 1.47. The van der Waals surface area contributed by atoms with Crippen molar-refractivity contribution in [3.63, 3.8) is 0 Å². The summed E-state index contributed by atoms with van der Waals surface area (Å²) in [7, 11) is 0. The van der Waals surface area contributed by atoms with E-state index in [1.54, 1.807) is 29.1 Å². The highest BCUT2D eigenvalue weighted by atomic mass is 19.1. The molecule has 0 amide bonds. The molecule has 0 saturated heterocycles. The Hall–Kier alpha value is -2.90. The van der Waals surface area contributed by atoms with E-state index in [-0.39, 0.29) is 11.9 Å². The smallest absolute Gasteiger partial charge is 0.223 e. The molecule has 0 spiro atoms. The predicted octanol–water partition coefficient (Wildman–Crippen LogP) is 0.231. The van der Waals surface area contributed by atoms with Crippen LogP contribution in [-0.4, -0.2) is 21.5 Å². The molecule has 1 aromatic heterocycles. The number of nitrogens with two attached hydrogens (primary N) is 3. The van der Waals surface area contributed by atoms with Gasteiger partial charge in [0.05, 0.1) is 17.7 Å². The van der Waals surface area contributed by atoms with Crippen molar-refractivity contribution in [2.24, 2.45) is 27.2 Å². The molecule has 0 aliphatic heterocycles. The predicted molar refractivity (Wildman–Crippen MR) is 70.6 cm³/mol. The molecule has 0 fully saturated rings. The first-order valence-corrected chi connectivity index (χ1v) is 5.28. The minimum absolute atomic E-state index is 0.144. The van der Waals surface area contributed by atoms with Crippen LogP contribution in [0.15, 0.2) is 46.9 Å². The van der Waals surface area contributed by atoms with E-state index in [9.17, 15) is 4.39 Å². The molecule has 7 nitrogen and oxygen atoms in total. The maximum Gasteiger partial charge on any atom is 0.223 e. The van der Waals surface area contributed by atoms with E-state index >= 15 is 0 Å². The SMILES string of the molecule is NC(N)=NC(N)=Nc1ccc(-n2ccnc2)c(F)c1. The van der Waals surface area contributed by atoms with Gasteiger partial charge in [0.15, 0.2) is 5.96 Å². The molecule has 98 valence electrons. The molecule has 0 atom stereocenters. The van der Waals surface area contributed by atoms with E-state index in [0.29, 0.717) is 11.4 Å². The first-order valence-electron chi connectivity index (χ1n) is 5.28. The summed E-state index contributed by atoms with van der Waals surface area (Å²) in [6, 6.07) is 4.37. The van der Waals surface area contributed by atoms with Crippen LogP contribution in [0.25, 0.3) is 5.69 Å². The van der Waals surface area contributed by atoms with Gasteiger partial charge >= 0.3 is 0 Å². The first kappa shape index (κ1) is 12.6. The Morgan fingerprint density at radius 1 is 1.26 bits per heavy atom. The lowest BCUT2D eigenvalue weighted by Crippen LogP contribution is -2.26. The van der Waals surface area contributed by atoms with Crippen molar-refractivity contribution in [2.75, 3.05) is 0 Å². The fraction of sp³-hybridized carbons (Fsp3) is 0. The maximum atomic E-state index is 13.9. The van der Waals surface area contributed by atoms with Gasteiger partial charge in [0.25, 0.3) is 0 Å². The summed E-state index contributed by atoms with van der Waals surface area (Å²) in [6.45, 7) is 0. The summed E-state index contributed by atoms with van der Waals surface area (Å²) in [5.74, 6) is -0.816. The van der Waals surface area contributed by atoms with Crippen LogP contribution < -0.4 is 17.2 Å². The molecule has 2 aromatic rings. The number of nitrogens with zero attached hydrogens (tertiary/aromatic N) is 4. The van der Waals surface area contributed by atoms with Crippen LogP contribution in [0.3, 0.4) is 0 Å². The van der Waals surface area contributed by atoms with E-state index in [4.69, 9.17) is 17.2 Å². The van der Waals surface area contributed by atoms with Gasteiger partial charge < -0.3 is 21.8 Å². The van der Waals surface area contributed by atoms with Crippen LogP contribution in [0.1, 0.15) is 0 Å². The molecule has 19 heavy (non-hydrogen) atoms. The highest BCUT2D eigenvalue weighted by Crippen LogP contribution is 2.20. The molecular formula is C11H12FN7. The van der Waals surface area contributed by atoms with Gasteiger partial charge in [0.1, 0.15) is 5.82 Å². The number of imidazole rings is 1. The van der Waals surface area contributed by atoms with Crippen molar-refractivity contribution >= 4 is 17.6 Å². The number of hydrogen-bond acceptors (Lipinski definition) is 2. The van der Waals surface area contributed by atoms with Gasteiger partial charge in [-0.1, -0.05) is 0 Å². The van der Waals surface area contributed by atoms with Crippen molar-refractivity contribution in [2.45, 2.75) is 0 Å². The van der Waals surface area contributed by atoms with Crippen LogP contribution in [-0.2, 0) is 0 Å². The molecule has 6 N–H and O–H groups in total. The number of halogens is 1. The monoisotopic (exact) mass is 261 g/mol. The molecule has 0 aliphatic carbocycles. The molecule has 0 bridgehead atoms. The lowest BCUT2D eigenvalue weighted by molar-refractivity contribution is 0.618. The van der Waals surface area contributed by atoms with Gasteiger partial charge in [-0.05, 0) is 12.1 Å². The zero-order valence-corrected chi connectivity index (χ0v) is 9.86. The van der Waals surface area contributed by atoms with Gasteiger partial charge in [-0.25, -0.2) is 14.4 Å². The summed E-state index contributed by atoms with van der Waals surface area (Å²) in [5, 5.41) is 0. The van der Waals surface area contributed by atoms with Gasteiger partial charge in [-0.2, -0.15) is 4.99 Å². The van der Waals surface area contributed by atoms with Crippen molar-refractivity contribution in [1.82, 2.24) is 9.55 Å². The normalized spacial score (nSPS) is 11.3. The minimum Gasteiger partial charge on any atom is -0.370 e. The second-order valence-electron chi connectivity index (χ2n) is 3.61. The summed E-state index contributed by atoms with van der Waals surface area (Å²) in [4.78, 5) is 11.2. The maximum absolute atomic E-state index is 13.9. The molecule has 0 radical (unpaired) electrons. The highest BCUT2D eigenvalue weighted by molar-refractivity contribution is 5.93. The summed E-state index contributed by atoms with van der Waals surface area (Å²) >= 11 is 0. The van der Waals surface area contributed by atoms with Crippen LogP contribution >= 0.6 is 0 Å². The number of aromatic nitrogens is 2. The van der Waals surface area contributed by atoms with Crippen molar-refractivity contribution in [3.8, 4) is 5.69 Å². The van der Waals surface area contributed by atoms with Crippen LogP contribution in [0.2, 0.25) is 0 Å². The largest absolute Gasteiger partial charge is 0.370 e. The van der Waals surface area contributed by atoms with E-state index in [0.717, 1.165) is 0 Å². The number of rotatable bonds is 2. The second-order valence-corrected chi connectivity index (χ2v) is 3.61. The van der Waals surface area contributed by atoms with Gasteiger partial charge in [0, 0.05) is 18.5 Å². The van der Waals surface area contributed by atoms with Crippen LogP contribution in [0.5, 0.6) is 0 Å². The quantitative estimate of drug-likeness (QED) is 0.529. The van der Waals surface area contributed by atoms with Gasteiger partial charge in [-0.15, -0.1) is 0 Å². The Balaban J connectivity index is 2.32. The molecule has 1 aromatic carbocycles. The van der Waals surface area contributed by atoms with Crippen LogP contribution in [0.4, 0.5) is 10.1 Å². The molecule has 2 rings (SSSR count). The molecule has 0 unspecified atom stereocenters. The van der Waals surface area contributed by atoms with Gasteiger partial charge in [0.2, 0.25) is 5.96 Å². The average molecular weight is 261 g/mol. The Morgan fingerprint density at radius 3 is 2.63 bits per heavy atom. The number of aliphatic imine (C=N–C) groups is 2. The lowest BCUT2D eigenvalue weighted by atomic mass is 10.2. The average Bonchev–Trinajstić information content (AvgIpc) is 2.81. The number of benzene rings is 1. The molecular weight excluding hydrogens is 249 g/mol. The Kier molecular flexibility index (Phi) is 3.42. The minimum atomic E-state index is -0.461. The number of hydrogen-bond donors (Lipinski definition) is 3. The highest BCUT2D eigenvalue weighted by Gasteiger charge is 2.05. The van der Waals surface area contributed by atoms with E-state index in [2.05, 4.69) is 15.0 Å². The van der Waals surface area contributed by atoms with Crippen molar-refractivity contribution < 1.29 is 4.39 Å². The second kappa shape index (κ2) is 5.17. The first-order chi connectivity index (χ1) is 9.06. The Morgan fingerprint density at radius 2 is 2.05 bits per heavy atom. The third-order valence-electron chi connectivity index (χ3n) is 2.20. The summed E-state index contributed by atoms with van der Waals surface area (Å²) in [5.41, 5.74) is 16.4. The van der Waals surface area contributed by atoms with Gasteiger partial charge in [-0.3, -0.25) is 0 Å². The van der Waals surface area contributed by atoms with Crippen LogP contribution in [0, 0.1) is 5.82 Å². The van der Waals surface area contributed by atoms with E-state index in [1.165, 1.54) is 12.4 Å². The summed E-state index contributed by atoms with van der Waals surface area (Å²) < 4.78 is 15.4. The standard InChI is InChI=1S/C11H12FN7/c12-8-5-7(17-11(15)18-10(13)14)1-2-9(8)19-4-3-16-6-19/h1-6H,(H6,13,14,15,17,18). The fourth-order valence-corrected chi connectivity index (χ4v) is 1.47. The van der Waals surface area contributed by atoms with E-state index < -0.39 is 5.82 Å². The van der Waals surface area contributed by atoms with E-state index in [1.807, 2.05) is 0 Å². The zero-order chi connectivity index (χ0) is 13.8. The third kappa shape index (κ3) is 3.06. The third-order valence-corrected chi connectivity index (χ3v) is 2.20. The Labute approximate surface area is 108 Å². The van der Waals surface area contributed by atoms with Crippen molar-refractivity contribution in [3.05, 3.63) is 42.7 Å². The Bertz CT molecular complexity index is 626. The molecule has 0 saturated carbocycles. The number of guanidine groups is 2. The molecule has 8 heteroatoms. The topological polar surface area (TPSA) is 121 Å². The van der Waals surface area contributed by atoms with Crippen molar-refractivity contribution in [1.29, 1.82) is 0 Å². The lowest BCUT2D eigenvalue weighted by Gasteiger charge is -2.04. The summed E-state index contributed by atoms with van der Waals surface area (Å²) in [6.07, 6.45) is 4.69. The molecule has 0 aliphatic rings. The zero-order valence-electron chi connectivity index (χ0n) is 9.86. The molecule has 1 heterocycles.